The van der Waals surface area contributed by atoms with Gasteiger partial charge in [0.1, 0.15) is 0 Å². The van der Waals surface area contributed by atoms with Gasteiger partial charge in [-0.05, 0) is 37.8 Å². The molecular weight excluding hydrogens is 406 g/mol. The lowest BCUT2D eigenvalue weighted by Gasteiger charge is -2.30. The van der Waals surface area contributed by atoms with Crippen LogP contribution in [0, 0.1) is 5.92 Å². The number of piperidine rings is 1. The summed E-state index contributed by atoms with van der Waals surface area (Å²) in [6.45, 7) is 7.71. The first kappa shape index (κ1) is 22.1. The summed E-state index contributed by atoms with van der Waals surface area (Å²) in [6.07, 6.45) is 2.26. The molecule has 1 fully saturated rings. The van der Waals surface area contributed by atoms with Crippen LogP contribution in [0.25, 0.3) is 10.2 Å². The van der Waals surface area contributed by atoms with E-state index in [4.69, 9.17) is 4.74 Å². The van der Waals surface area contributed by atoms with E-state index in [1.54, 1.807) is 0 Å². The third-order valence-electron chi connectivity index (χ3n) is 4.93. The summed E-state index contributed by atoms with van der Waals surface area (Å²) in [5.41, 5.74) is 1.06. The van der Waals surface area contributed by atoms with E-state index in [1.807, 2.05) is 40.7 Å². The Morgan fingerprint density at radius 3 is 2.93 bits per heavy atom. The van der Waals surface area contributed by atoms with Gasteiger partial charge in [0, 0.05) is 26.2 Å². The van der Waals surface area contributed by atoms with Crippen molar-refractivity contribution in [3.8, 4) is 0 Å². The lowest BCUT2D eigenvalue weighted by molar-refractivity contribution is -0.130. The van der Waals surface area contributed by atoms with Crippen LogP contribution in [-0.4, -0.2) is 59.1 Å². The molecule has 0 saturated carbocycles. The fraction of sp³-hybridized carbons (Fsp3) is 0.571. The number of carbonyl (C=O) groups is 2. The van der Waals surface area contributed by atoms with Gasteiger partial charge in [-0.1, -0.05) is 30.4 Å². The first-order chi connectivity index (χ1) is 14.1. The zero-order valence-electron chi connectivity index (χ0n) is 17.1. The minimum absolute atomic E-state index is 0.128. The van der Waals surface area contributed by atoms with Crippen LogP contribution in [0.4, 0.5) is 0 Å². The van der Waals surface area contributed by atoms with Crippen molar-refractivity contribution in [1.82, 2.24) is 9.47 Å². The molecule has 1 aromatic heterocycles. The van der Waals surface area contributed by atoms with Gasteiger partial charge in [-0.3, -0.25) is 9.59 Å². The topological polar surface area (TPSA) is 63.9 Å². The molecule has 1 aliphatic rings. The van der Waals surface area contributed by atoms with Gasteiger partial charge >= 0.3 is 0 Å². The van der Waals surface area contributed by atoms with E-state index >= 15 is 0 Å². The van der Waals surface area contributed by atoms with Gasteiger partial charge in [0.25, 0.3) is 5.91 Å². The van der Waals surface area contributed by atoms with Crippen LogP contribution in [-0.2, 0) is 20.9 Å². The van der Waals surface area contributed by atoms with Crippen LogP contribution >= 0.6 is 23.1 Å². The SMILES string of the molecule is CCOCCn1c(=NC(=O)CSCC(=O)N2CCCC(C)C2)sc2ccccc21. The Kier molecular flexibility index (Phi) is 8.32. The van der Waals surface area contributed by atoms with Crippen molar-refractivity contribution in [2.24, 2.45) is 10.9 Å². The number of ether oxygens (including phenoxy) is 1. The third kappa shape index (κ3) is 6.17. The summed E-state index contributed by atoms with van der Waals surface area (Å²) < 4.78 is 8.62. The smallest absolute Gasteiger partial charge is 0.258 e. The molecule has 1 aromatic carbocycles. The molecule has 8 heteroatoms. The van der Waals surface area contributed by atoms with Gasteiger partial charge in [-0.15, -0.1) is 11.8 Å². The maximum Gasteiger partial charge on any atom is 0.258 e. The van der Waals surface area contributed by atoms with Gasteiger partial charge in [0.15, 0.2) is 4.80 Å². The molecule has 0 radical (unpaired) electrons. The molecule has 3 rings (SSSR count). The van der Waals surface area contributed by atoms with Crippen molar-refractivity contribution in [2.45, 2.75) is 33.2 Å². The lowest BCUT2D eigenvalue weighted by atomic mass is 10.0. The monoisotopic (exact) mass is 435 g/mol. The zero-order valence-corrected chi connectivity index (χ0v) is 18.8. The number of benzene rings is 1. The molecule has 1 saturated heterocycles. The summed E-state index contributed by atoms with van der Waals surface area (Å²) in [5, 5.41) is 0. The molecule has 2 heterocycles. The Morgan fingerprint density at radius 1 is 1.31 bits per heavy atom. The van der Waals surface area contributed by atoms with E-state index in [9.17, 15) is 9.59 Å². The molecule has 1 atom stereocenters. The van der Waals surface area contributed by atoms with Crippen molar-refractivity contribution in [1.29, 1.82) is 0 Å². The molecule has 2 aromatic rings. The second-order valence-electron chi connectivity index (χ2n) is 7.29. The van der Waals surface area contributed by atoms with Crippen LogP contribution < -0.4 is 4.80 Å². The largest absolute Gasteiger partial charge is 0.380 e. The Morgan fingerprint density at radius 2 is 2.14 bits per heavy atom. The molecular formula is C21H29N3O3S2. The highest BCUT2D eigenvalue weighted by Crippen LogP contribution is 2.18. The van der Waals surface area contributed by atoms with Gasteiger partial charge in [-0.25, -0.2) is 0 Å². The molecule has 158 valence electrons. The van der Waals surface area contributed by atoms with Crippen molar-refractivity contribution < 1.29 is 14.3 Å². The number of rotatable bonds is 8. The highest BCUT2D eigenvalue weighted by molar-refractivity contribution is 8.00. The standard InChI is InChI=1S/C21H29N3O3S2/c1-3-27-12-11-24-17-8-4-5-9-18(17)29-21(24)22-19(25)14-28-15-20(26)23-10-6-7-16(2)13-23/h4-5,8-9,16H,3,6-7,10-15H2,1-2H3. The molecule has 1 aliphatic heterocycles. The maximum atomic E-state index is 12.4. The van der Waals surface area contributed by atoms with Crippen LogP contribution in [0.1, 0.15) is 26.7 Å². The highest BCUT2D eigenvalue weighted by Gasteiger charge is 2.20. The van der Waals surface area contributed by atoms with Crippen molar-refractivity contribution in [2.75, 3.05) is 37.8 Å². The van der Waals surface area contributed by atoms with E-state index in [2.05, 4.69) is 11.9 Å². The van der Waals surface area contributed by atoms with Crippen LogP contribution in [0.2, 0.25) is 0 Å². The number of likely N-dealkylation sites (tertiary alicyclic amines) is 1. The first-order valence-corrected chi connectivity index (χ1v) is 12.1. The summed E-state index contributed by atoms with van der Waals surface area (Å²) in [4.78, 5) is 31.7. The van der Waals surface area contributed by atoms with Crippen LogP contribution in [0.3, 0.4) is 0 Å². The number of carbonyl (C=O) groups excluding carboxylic acids is 2. The fourth-order valence-electron chi connectivity index (χ4n) is 3.49. The normalized spacial score (nSPS) is 17.8. The number of thioether (sulfide) groups is 1. The van der Waals surface area contributed by atoms with Crippen LogP contribution in [0.15, 0.2) is 29.3 Å². The zero-order chi connectivity index (χ0) is 20.6. The van der Waals surface area contributed by atoms with Gasteiger partial charge in [0.05, 0.1) is 28.3 Å². The molecule has 0 spiro atoms. The number of amides is 2. The molecule has 29 heavy (non-hydrogen) atoms. The average molecular weight is 436 g/mol. The lowest BCUT2D eigenvalue weighted by Crippen LogP contribution is -2.40. The van der Waals surface area contributed by atoms with Crippen molar-refractivity contribution in [3.63, 3.8) is 0 Å². The highest BCUT2D eigenvalue weighted by atomic mass is 32.2. The van der Waals surface area contributed by atoms with Gasteiger partial charge < -0.3 is 14.2 Å². The van der Waals surface area contributed by atoms with E-state index < -0.39 is 0 Å². The first-order valence-electron chi connectivity index (χ1n) is 10.2. The molecule has 0 N–H and O–H groups in total. The van der Waals surface area contributed by atoms with Gasteiger partial charge in [-0.2, -0.15) is 4.99 Å². The minimum Gasteiger partial charge on any atom is -0.380 e. The Balaban J connectivity index is 1.61. The average Bonchev–Trinajstić information content (AvgIpc) is 3.05. The van der Waals surface area contributed by atoms with E-state index in [0.717, 1.165) is 29.7 Å². The molecule has 6 nitrogen and oxygen atoms in total. The fourth-order valence-corrected chi connectivity index (χ4v) is 5.27. The third-order valence-corrected chi connectivity index (χ3v) is 6.89. The van der Waals surface area contributed by atoms with Crippen LogP contribution in [0.5, 0.6) is 0 Å². The predicted octanol–water partition coefficient (Wildman–Crippen LogP) is 3.16. The second kappa shape index (κ2) is 10.9. The number of hydrogen-bond donors (Lipinski definition) is 0. The Hall–Kier alpha value is -1.64. The Labute approximate surface area is 180 Å². The van der Waals surface area contributed by atoms with Crippen molar-refractivity contribution in [3.05, 3.63) is 29.1 Å². The number of fused-ring (bicyclic) bond motifs is 1. The molecule has 1 unspecified atom stereocenters. The number of nitrogens with zero attached hydrogens (tertiary/aromatic N) is 3. The maximum absolute atomic E-state index is 12.4. The number of aromatic nitrogens is 1. The summed E-state index contributed by atoms with van der Waals surface area (Å²) >= 11 is 2.86. The number of thiazole rings is 1. The summed E-state index contributed by atoms with van der Waals surface area (Å²) in [7, 11) is 0. The Bertz CT molecular complexity index is 906. The summed E-state index contributed by atoms with van der Waals surface area (Å²) in [5.74, 6) is 1.04. The molecule has 0 bridgehead atoms. The van der Waals surface area contributed by atoms with E-state index in [0.29, 0.717) is 36.2 Å². The minimum atomic E-state index is -0.202. The molecule has 0 aliphatic carbocycles. The van der Waals surface area contributed by atoms with Gasteiger partial charge in [0.2, 0.25) is 5.91 Å². The number of para-hydroxylation sites is 1. The summed E-state index contributed by atoms with van der Waals surface area (Å²) in [6, 6.07) is 8.04. The predicted molar refractivity (Wildman–Crippen MR) is 119 cm³/mol. The quantitative estimate of drug-likeness (QED) is 0.598. The second-order valence-corrected chi connectivity index (χ2v) is 9.28. The van der Waals surface area contributed by atoms with Crippen molar-refractivity contribution >= 4 is 45.1 Å². The van der Waals surface area contributed by atoms with E-state index in [1.165, 1.54) is 29.5 Å². The molecule has 2 amide bonds. The van der Waals surface area contributed by atoms with E-state index in [-0.39, 0.29) is 17.6 Å². The number of hydrogen-bond acceptors (Lipinski definition) is 5.